The van der Waals surface area contributed by atoms with Crippen LogP contribution in [0.3, 0.4) is 0 Å². The van der Waals surface area contributed by atoms with Gasteiger partial charge >= 0.3 is 6.03 Å². The van der Waals surface area contributed by atoms with Crippen LogP contribution in [0.1, 0.15) is 22.6 Å². The normalized spacial score (nSPS) is 10.7. The molecule has 0 aliphatic rings. The summed E-state index contributed by atoms with van der Waals surface area (Å²) >= 11 is 0. The van der Waals surface area contributed by atoms with Crippen molar-refractivity contribution in [3.8, 4) is 0 Å². The lowest BCUT2D eigenvalue weighted by Crippen LogP contribution is -2.34. The third-order valence-electron chi connectivity index (χ3n) is 4.46. The summed E-state index contributed by atoms with van der Waals surface area (Å²) in [5.41, 5.74) is 4.12. The molecule has 130 valence electrons. The van der Waals surface area contributed by atoms with Gasteiger partial charge in [-0.3, -0.25) is 0 Å². The number of hydrogen-bond acceptors (Lipinski definition) is 2. The van der Waals surface area contributed by atoms with Crippen molar-refractivity contribution < 1.29 is 9.21 Å². The molecule has 2 heterocycles. The Labute approximate surface area is 147 Å². The predicted molar refractivity (Wildman–Crippen MR) is 98.3 cm³/mol. The molecule has 0 spiro atoms. The fourth-order valence-corrected chi connectivity index (χ4v) is 2.73. The van der Waals surface area contributed by atoms with Crippen LogP contribution < -0.4 is 5.32 Å². The first-order chi connectivity index (χ1) is 12.0. The summed E-state index contributed by atoms with van der Waals surface area (Å²) in [6.07, 6.45) is 3.60. The van der Waals surface area contributed by atoms with Crippen LogP contribution in [0.2, 0.25) is 0 Å². The third kappa shape index (κ3) is 3.94. The Balaban J connectivity index is 1.81. The Morgan fingerprint density at radius 1 is 1.12 bits per heavy atom. The summed E-state index contributed by atoms with van der Waals surface area (Å²) in [4.78, 5) is 14.6. The summed E-state index contributed by atoms with van der Waals surface area (Å²) in [6.45, 7) is 4.96. The van der Waals surface area contributed by atoms with Crippen LogP contribution in [0.15, 0.2) is 59.3 Å². The molecule has 0 atom stereocenters. The third-order valence-corrected chi connectivity index (χ3v) is 4.46. The highest BCUT2D eigenvalue weighted by Gasteiger charge is 2.18. The van der Waals surface area contributed by atoms with E-state index in [2.05, 4.69) is 5.32 Å². The molecule has 0 saturated heterocycles. The lowest BCUT2D eigenvalue weighted by molar-refractivity contribution is 0.200. The van der Waals surface area contributed by atoms with Crippen molar-refractivity contribution in [2.24, 2.45) is 7.05 Å². The number of anilines is 1. The second-order valence-electron chi connectivity index (χ2n) is 6.22. The van der Waals surface area contributed by atoms with Gasteiger partial charge in [-0.15, -0.1) is 0 Å². The van der Waals surface area contributed by atoms with Crippen LogP contribution in [-0.4, -0.2) is 15.5 Å². The maximum Gasteiger partial charge on any atom is 0.322 e. The van der Waals surface area contributed by atoms with Gasteiger partial charge in [0, 0.05) is 24.6 Å². The van der Waals surface area contributed by atoms with Gasteiger partial charge in [0.05, 0.1) is 19.4 Å². The van der Waals surface area contributed by atoms with Crippen molar-refractivity contribution in [2.45, 2.75) is 26.9 Å². The predicted octanol–water partition coefficient (Wildman–Crippen LogP) is 4.47. The highest BCUT2D eigenvalue weighted by Crippen LogP contribution is 2.20. The summed E-state index contributed by atoms with van der Waals surface area (Å²) < 4.78 is 7.44. The van der Waals surface area contributed by atoms with Crippen LogP contribution in [0.25, 0.3) is 0 Å². The smallest absolute Gasteiger partial charge is 0.322 e. The number of carbonyl (C=O) groups is 1. The number of rotatable bonds is 5. The van der Waals surface area contributed by atoms with Gasteiger partial charge in [0.1, 0.15) is 5.76 Å². The summed E-state index contributed by atoms with van der Waals surface area (Å²) in [6, 6.07) is 13.5. The minimum atomic E-state index is -0.147. The largest absolute Gasteiger partial charge is 0.467 e. The highest BCUT2D eigenvalue weighted by molar-refractivity contribution is 5.90. The quantitative estimate of drug-likeness (QED) is 0.747. The first-order valence-electron chi connectivity index (χ1n) is 8.29. The van der Waals surface area contributed by atoms with Gasteiger partial charge in [-0.1, -0.05) is 12.1 Å². The van der Waals surface area contributed by atoms with Gasteiger partial charge in [-0.25, -0.2) is 4.79 Å². The molecule has 0 saturated carbocycles. The minimum Gasteiger partial charge on any atom is -0.467 e. The van der Waals surface area contributed by atoms with E-state index in [1.807, 2.05) is 74.1 Å². The SMILES string of the molecule is Cc1cccc(NC(=O)N(Cc2ccco2)Cc2cccn2C)c1C. The number of benzene rings is 1. The van der Waals surface area contributed by atoms with Crippen molar-refractivity contribution >= 4 is 11.7 Å². The zero-order valence-electron chi connectivity index (χ0n) is 14.8. The molecule has 0 aliphatic carbocycles. The number of furan rings is 1. The molecule has 1 aromatic carbocycles. The Kier molecular flexibility index (Phi) is 4.93. The number of nitrogens with zero attached hydrogens (tertiary/aromatic N) is 2. The van der Waals surface area contributed by atoms with Gasteiger partial charge < -0.3 is 19.2 Å². The van der Waals surface area contributed by atoms with Crippen LogP contribution in [0.4, 0.5) is 10.5 Å². The van der Waals surface area contributed by atoms with Crippen molar-refractivity contribution in [3.05, 3.63) is 77.5 Å². The van der Waals surface area contributed by atoms with Crippen molar-refractivity contribution in [3.63, 3.8) is 0 Å². The lowest BCUT2D eigenvalue weighted by atomic mass is 10.1. The van der Waals surface area contributed by atoms with E-state index in [9.17, 15) is 4.79 Å². The molecule has 0 radical (unpaired) electrons. The first kappa shape index (κ1) is 16.9. The second-order valence-corrected chi connectivity index (χ2v) is 6.22. The van der Waals surface area contributed by atoms with Gasteiger partial charge in [0.25, 0.3) is 0 Å². The van der Waals surface area contributed by atoms with E-state index in [1.54, 1.807) is 11.2 Å². The molecule has 2 amide bonds. The fraction of sp³-hybridized carbons (Fsp3) is 0.250. The molecule has 1 N–H and O–H groups in total. The second kappa shape index (κ2) is 7.30. The number of aryl methyl sites for hydroxylation is 2. The standard InChI is InChI=1S/C20H23N3O2/c1-15-7-4-10-19(16(15)2)21-20(24)23(14-18-9-6-12-25-18)13-17-8-5-11-22(17)3/h4-12H,13-14H2,1-3H3,(H,21,24). The first-order valence-corrected chi connectivity index (χ1v) is 8.29. The topological polar surface area (TPSA) is 50.4 Å². The molecular weight excluding hydrogens is 314 g/mol. The average Bonchev–Trinajstić information content (AvgIpc) is 3.23. The Hall–Kier alpha value is -2.95. The maximum absolute atomic E-state index is 12.9. The Morgan fingerprint density at radius 2 is 1.96 bits per heavy atom. The van der Waals surface area contributed by atoms with E-state index < -0.39 is 0 Å². The lowest BCUT2D eigenvalue weighted by Gasteiger charge is -2.23. The zero-order valence-corrected chi connectivity index (χ0v) is 14.8. The van der Waals surface area contributed by atoms with Crippen LogP contribution in [0, 0.1) is 13.8 Å². The van der Waals surface area contributed by atoms with E-state index in [4.69, 9.17) is 4.42 Å². The van der Waals surface area contributed by atoms with Gasteiger partial charge in [-0.05, 0) is 55.3 Å². The van der Waals surface area contributed by atoms with Crippen molar-refractivity contribution in [2.75, 3.05) is 5.32 Å². The highest BCUT2D eigenvalue weighted by atomic mass is 16.3. The number of aromatic nitrogens is 1. The zero-order chi connectivity index (χ0) is 17.8. The number of urea groups is 1. The fourth-order valence-electron chi connectivity index (χ4n) is 2.73. The van der Waals surface area contributed by atoms with E-state index >= 15 is 0 Å². The molecule has 0 fully saturated rings. The number of hydrogen-bond donors (Lipinski definition) is 1. The molecule has 0 aliphatic heterocycles. The molecular formula is C20H23N3O2. The number of nitrogens with one attached hydrogen (secondary N) is 1. The number of amides is 2. The molecule has 25 heavy (non-hydrogen) atoms. The summed E-state index contributed by atoms with van der Waals surface area (Å²) in [5, 5.41) is 3.03. The molecule has 0 unspecified atom stereocenters. The summed E-state index contributed by atoms with van der Waals surface area (Å²) in [5.74, 6) is 0.755. The number of carbonyl (C=O) groups excluding carboxylic acids is 1. The maximum atomic E-state index is 12.9. The van der Waals surface area contributed by atoms with E-state index in [0.717, 1.165) is 28.3 Å². The van der Waals surface area contributed by atoms with Crippen LogP contribution in [0.5, 0.6) is 0 Å². The van der Waals surface area contributed by atoms with Gasteiger partial charge in [-0.2, -0.15) is 0 Å². The van der Waals surface area contributed by atoms with Crippen molar-refractivity contribution in [1.29, 1.82) is 0 Å². The van der Waals surface area contributed by atoms with Crippen LogP contribution >= 0.6 is 0 Å². The average molecular weight is 337 g/mol. The van der Waals surface area contributed by atoms with E-state index in [0.29, 0.717) is 13.1 Å². The van der Waals surface area contributed by atoms with Crippen LogP contribution in [-0.2, 0) is 20.1 Å². The van der Waals surface area contributed by atoms with Gasteiger partial charge in [0.2, 0.25) is 0 Å². The molecule has 3 rings (SSSR count). The monoisotopic (exact) mass is 337 g/mol. The molecule has 5 heteroatoms. The molecule has 2 aromatic heterocycles. The molecule has 5 nitrogen and oxygen atoms in total. The molecule has 0 bridgehead atoms. The Morgan fingerprint density at radius 3 is 2.64 bits per heavy atom. The Bertz CT molecular complexity index is 850. The van der Waals surface area contributed by atoms with E-state index in [1.165, 1.54) is 0 Å². The minimum absolute atomic E-state index is 0.147. The molecule has 3 aromatic rings. The van der Waals surface area contributed by atoms with Gasteiger partial charge in [0.15, 0.2) is 0 Å². The van der Waals surface area contributed by atoms with E-state index in [-0.39, 0.29) is 6.03 Å². The van der Waals surface area contributed by atoms with Crippen molar-refractivity contribution in [1.82, 2.24) is 9.47 Å². The summed E-state index contributed by atoms with van der Waals surface area (Å²) in [7, 11) is 1.98.